The van der Waals surface area contributed by atoms with E-state index in [-0.39, 0.29) is 18.4 Å². The molecule has 0 unspecified atom stereocenters. The van der Waals surface area contributed by atoms with Gasteiger partial charge in [0.2, 0.25) is 0 Å². The Morgan fingerprint density at radius 3 is 2.96 bits per heavy atom. The van der Waals surface area contributed by atoms with E-state index in [4.69, 9.17) is 16.3 Å². The molecular weight excluding hydrogens is 356 g/mol. The maximum Gasteiger partial charge on any atom is 0.262 e. The van der Waals surface area contributed by atoms with E-state index in [0.717, 1.165) is 5.69 Å². The molecule has 2 N–H and O–H groups in total. The quantitative estimate of drug-likeness (QED) is 0.743. The third-order valence-corrected chi connectivity index (χ3v) is 4.17. The smallest absolute Gasteiger partial charge is 0.262 e. The number of amides is 2. The molecule has 0 saturated heterocycles. The highest BCUT2D eigenvalue weighted by molar-refractivity contribution is 6.34. The lowest BCUT2D eigenvalue weighted by molar-refractivity contribution is -0.118. The number of halogens is 1. The molecule has 2 heterocycles. The summed E-state index contributed by atoms with van der Waals surface area (Å²) in [7, 11) is 0. The highest BCUT2D eigenvalue weighted by Crippen LogP contribution is 2.31. The van der Waals surface area contributed by atoms with E-state index in [1.807, 2.05) is 0 Å². The van der Waals surface area contributed by atoms with Crippen molar-refractivity contribution in [2.24, 2.45) is 0 Å². The van der Waals surface area contributed by atoms with E-state index in [1.54, 1.807) is 59.5 Å². The average Bonchev–Trinajstić information content (AvgIpc) is 3.17. The van der Waals surface area contributed by atoms with Crippen LogP contribution in [0.25, 0.3) is 5.69 Å². The number of fused-ring (bicyclic) bond motifs is 1. The van der Waals surface area contributed by atoms with Crippen molar-refractivity contribution in [3.05, 3.63) is 65.4 Å². The molecule has 2 aromatic carbocycles. The summed E-state index contributed by atoms with van der Waals surface area (Å²) >= 11 is 6.19. The van der Waals surface area contributed by atoms with Crippen molar-refractivity contribution in [3.8, 4) is 11.4 Å². The van der Waals surface area contributed by atoms with Crippen LogP contribution in [-0.2, 0) is 4.79 Å². The van der Waals surface area contributed by atoms with E-state index in [0.29, 0.717) is 27.7 Å². The Hall–Kier alpha value is -3.32. The third-order valence-electron chi connectivity index (χ3n) is 3.84. The number of aromatic nitrogens is 2. The molecule has 0 spiro atoms. The number of hydrogen-bond donors (Lipinski definition) is 2. The van der Waals surface area contributed by atoms with Gasteiger partial charge in [-0.15, -0.1) is 0 Å². The van der Waals surface area contributed by atoms with Gasteiger partial charge in [0.25, 0.3) is 11.8 Å². The van der Waals surface area contributed by atoms with Crippen molar-refractivity contribution in [2.45, 2.75) is 0 Å². The first-order valence-corrected chi connectivity index (χ1v) is 8.15. The highest BCUT2D eigenvalue weighted by Gasteiger charge is 2.17. The Bertz CT molecular complexity index is 1000. The second kappa shape index (κ2) is 6.53. The van der Waals surface area contributed by atoms with Gasteiger partial charge in [0.15, 0.2) is 6.61 Å². The molecule has 130 valence electrons. The van der Waals surface area contributed by atoms with Crippen LogP contribution in [0.1, 0.15) is 10.4 Å². The summed E-state index contributed by atoms with van der Waals surface area (Å²) in [5, 5.41) is 9.96. The molecule has 0 atom stereocenters. The Kier molecular flexibility index (Phi) is 4.06. The minimum Gasteiger partial charge on any atom is -0.482 e. The van der Waals surface area contributed by atoms with Crippen molar-refractivity contribution >= 4 is 34.8 Å². The first kappa shape index (κ1) is 16.2. The molecule has 3 aromatic rings. The van der Waals surface area contributed by atoms with Gasteiger partial charge in [-0.1, -0.05) is 11.6 Å². The first-order valence-electron chi connectivity index (χ1n) is 7.78. The Balaban J connectivity index is 1.59. The van der Waals surface area contributed by atoms with E-state index in [9.17, 15) is 9.59 Å². The van der Waals surface area contributed by atoms with Gasteiger partial charge in [-0.25, -0.2) is 4.68 Å². The summed E-state index contributed by atoms with van der Waals surface area (Å²) in [6.07, 6.45) is 3.43. The maximum atomic E-state index is 12.6. The summed E-state index contributed by atoms with van der Waals surface area (Å²) in [6, 6.07) is 11.9. The SMILES string of the molecule is O=C1COc2cc(NC(=O)c3cc(-n4cccn4)ccc3Cl)ccc2N1. The van der Waals surface area contributed by atoms with E-state index in [2.05, 4.69) is 15.7 Å². The average molecular weight is 369 g/mol. The van der Waals surface area contributed by atoms with Crippen LogP contribution < -0.4 is 15.4 Å². The second-order valence-electron chi connectivity index (χ2n) is 5.62. The van der Waals surface area contributed by atoms with Crippen molar-refractivity contribution in [2.75, 3.05) is 17.2 Å². The van der Waals surface area contributed by atoms with Crippen LogP contribution in [0.4, 0.5) is 11.4 Å². The first-order chi connectivity index (χ1) is 12.6. The van der Waals surface area contributed by atoms with Crippen LogP contribution in [0.3, 0.4) is 0 Å². The Labute approximate surface area is 153 Å². The number of rotatable bonds is 3. The molecular formula is C18H13ClN4O3. The van der Waals surface area contributed by atoms with Crippen molar-refractivity contribution < 1.29 is 14.3 Å². The van der Waals surface area contributed by atoms with Crippen LogP contribution in [0.5, 0.6) is 5.75 Å². The van der Waals surface area contributed by atoms with Gasteiger partial charge in [-0.3, -0.25) is 9.59 Å². The summed E-state index contributed by atoms with van der Waals surface area (Å²) in [5.74, 6) is -0.0703. The zero-order valence-corrected chi connectivity index (χ0v) is 14.2. The summed E-state index contributed by atoms with van der Waals surface area (Å²) in [5.41, 5.74) is 2.15. The molecule has 0 bridgehead atoms. The molecule has 0 radical (unpaired) electrons. The topological polar surface area (TPSA) is 85.2 Å². The minimum absolute atomic E-state index is 0.0534. The van der Waals surface area contributed by atoms with Crippen molar-refractivity contribution in [1.82, 2.24) is 9.78 Å². The van der Waals surface area contributed by atoms with Gasteiger partial charge in [-0.05, 0) is 36.4 Å². The van der Waals surface area contributed by atoms with Crippen LogP contribution in [0, 0.1) is 0 Å². The van der Waals surface area contributed by atoms with Crippen LogP contribution in [-0.4, -0.2) is 28.2 Å². The monoisotopic (exact) mass is 368 g/mol. The van der Waals surface area contributed by atoms with Gasteiger partial charge in [0.05, 0.1) is 22.0 Å². The largest absolute Gasteiger partial charge is 0.482 e. The molecule has 0 fully saturated rings. The molecule has 1 aromatic heterocycles. The zero-order chi connectivity index (χ0) is 18.1. The lowest BCUT2D eigenvalue weighted by Crippen LogP contribution is -2.25. The number of benzene rings is 2. The highest BCUT2D eigenvalue weighted by atomic mass is 35.5. The van der Waals surface area contributed by atoms with Gasteiger partial charge < -0.3 is 15.4 Å². The predicted molar refractivity (Wildman–Crippen MR) is 97.1 cm³/mol. The molecule has 7 nitrogen and oxygen atoms in total. The fourth-order valence-corrected chi connectivity index (χ4v) is 2.81. The second-order valence-corrected chi connectivity index (χ2v) is 6.02. The molecule has 8 heteroatoms. The normalized spacial score (nSPS) is 12.7. The number of ether oxygens (including phenoxy) is 1. The number of carbonyl (C=O) groups excluding carboxylic acids is 2. The zero-order valence-electron chi connectivity index (χ0n) is 13.4. The number of hydrogen-bond acceptors (Lipinski definition) is 4. The van der Waals surface area contributed by atoms with E-state index >= 15 is 0 Å². The van der Waals surface area contributed by atoms with Crippen molar-refractivity contribution in [1.29, 1.82) is 0 Å². The molecule has 0 aliphatic carbocycles. The van der Waals surface area contributed by atoms with Crippen molar-refractivity contribution in [3.63, 3.8) is 0 Å². The number of nitrogens with zero attached hydrogens (tertiary/aromatic N) is 2. The minimum atomic E-state index is -0.358. The predicted octanol–water partition coefficient (Wildman–Crippen LogP) is 3.11. The van der Waals surface area contributed by atoms with Crippen LogP contribution >= 0.6 is 11.6 Å². The Morgan fingerprint density at radius 1 is 1.27 bits per heavy atom. The molecule has 4 rings (SSSR count). The van der Waals surface area contributed by atoms with Gasteiger partial charge >= 0.3 is 0 Å². The standard InChI is InChI=1S/C18H13ClN4O3/c19-14-4-3-12(23-7-1-6-20-23)9-13(14)18(25)21-11-2-5-15-16(8-11)26-10-17(24)22-15/h1-9H,10H2,(H,21,25)(H,22,24). The van der Waals surface area contributed by atoms with Gasteiger partial charge in [-0.2, -0.15) is 5.10 Å². The van der Waals surface area contributed by atoms with Crippen LogP contribution in [0.2, 0.25) is 5.02 Å². The lowest BCUT2D eigenvalue weighted by atomic mass is 10.1. The molecule has 26 heavy (non-hydrogen) atoms. The molecule has 0 saturated carbocycles. The summed E-state index contributed by atoms with van der Waals surface area (Å²) in [4.78, 5) is 24.0. The molecule has 1 aliphatic rings. The van der Waals surface area contributed by atoms with E-state index in [1.165, 1.54) is 0 Å². The van der Waals surface area contributed by atoms with Crippen LogP contribution in [0.15, 0.2) is 54.9 Å². The Morgan fingerprint density at radius 2 is 2.15 bits per heavy atom. The summed E-state index contributed by atoms with van der Waals surface area (Å²) in [6.45, 7) is -0.0534. The third kappa shape index (κ3) is 3.12. The molecule has 2 amide bonds. The van der Waals surface area contributed by atoms with E-state index < -0.39 is 0 Å². The van der Waals surface area contributed by atoms with Gasteiger partial charge in [0, 0.05) is 24.1 Å². The lowest BCUT2D eigenvalue weighted by Gasteiger charge is -2.18. The number of nitrogens with one attached hydrogen (secondary N) is 2. The fourth-order valence-electron chi connectivity index (χ4n) is 2.60. The molecule has 1 aliphatic heterocycles. The number of anilines is 2. The van der Waals surface area contributed by atoms with Gasteiger partial charge in [0.1, 0.15) is 5.75 Å². The fraction of sp³-hybridized carbons (Fsp3) is 0.0556. The number of carbonyl (C=O) groups is 2. The summed E-state index contributed by atoms with van der Waals surface area (Å²) < 4.78 is 7.00. The maximum absolute atomic E-state index is 12.6.